The Hall–Kier alpha value is -1.77. The number of rotatable bonds is 45. The van der Waals surface area contributed by atoms with Gasteiger partial charge >= 0.3 is 11.9 Å². The van der Waals surface area contributed by atoms with Gasteiger partial charge in [0.25, 0.3) is 7.82 Å². The summed E-state index contributed by atoms with van der Waals surface area (Å²) in [5.74, 6) is -0.913. The Morgan fingerprint density at radius 3 is 1.40 bits per heavy atom. The van der Waals surface area contributed by atoms with Crippen LogP contribution in [0.4, 0.5) is 0 Å². The van der Waals surface area contributed by atoms with E-state index < -0.39 is 32.5 Å². The maximum Gasteiger partial charge on any atom is 0.306 e. The first-order valence-corrected chi connectivity index (χ1v) is 26.2. The molecule has 0 aliphatic rings. The van der Waals surface area contributed by atoms with Gasteiger partial charge in [-0.2, -0.15) is 0 Å². The molecule has 2 unspecified atom stereocenters. The zero-order chi connectivity index (χ0) is 44.3. The van der Waals surface area contributed by atoms with Crippen molar-refractivity contribution in [1.29, 1.82) is 0 Å². The summed E-state index contributed by atoms with van der Waals surface area (Å²) in [6.45, 7) is 4.17. The van der Waals surface area contributed by atoms with E-state index in [-0.39, 0.29) is 26.1 Å². The first-order chi connectivity index (χ1) is 29.0. The van der Waals surface area contributed by atoms with Crippen LogP contribution in [-0.4, -0.2) is 70.0 Å². The SMILES string of the molecule is CCCCCCCC/C=C/C/C=C/CCC(=O)OC(COC(=O)CCCCCCCCC/C=C/CCCCCCCCCCCCCC)COP(=O)([O-])OCC[N+](C)(C)C. The van der Waals surface area contributed by atoms with E-state index in [9.17, 15) is 19.0 Å². The summed E-state index contributed by atoms with van der Waals surface area (Å²) in [5.41, 5.74) is 0. The molecule has 352 valence electrons. The highest BCUT2D eigenvalue weighted by molar-refractivity contribution is 7.45. The highest BCUT2D eigenvalue weighted by Gasteiger charge is 2.21. The Morgan fingerprint density at radius 1 is 0.517 bits per heavy atom. The number of hydrogen-bond acceptors (Lipinski definition) is 8. The minimum absolute atomic E-state index is 0.0405. The Kier molecular flexibility index (Phi) is 41.3. The normalized spacial score (nSPS) is 13.8. The van der Waals surface area contributed by atoms with E-state index in [4.69, 9.17) is 18.5 Å². The molecule has 0 saturated heterocycles. The number of likely N-dealkylation sites (N-methyl/N-ethyl adjacent to an activating group) is 1. The van der Waals surface area contributed by atoms with Crippen LogP contribution in [0.3, 0.4) is 0 Å². The topological polar surface area (TPSA) is 111 Å². The van der Waals surface area contributed by atoms with Gasteiger partial charge in [-0.25, -0.2) is 0 Å². The lowest BCUT2D eigenvalue weighted by atomic mass is 10.0. The van der Waals surface area contributed by atoms with Crippen molar-refractivity contribution in [3.8, 4) is 0 Å². The molecule has 0 rings (SSSR count). The van der Waals surface area contributed by atoms with Crippen molar-refractivity contribution >= 4 is 19.8 Å². The summed E-state index contributed by atoms with van der Waals surface area (Å²) in [7, 11) is 1.13. The second-order valence-corrected chi connectivity index (χ2v) is 19.2. The van der Waals surface area contributed by atoms with Crippen molar-refractivity contribution < 1.29 is 42.1 Å². The number of carbonyl (C=O) groups excluding carboxylic acids is 2. The molecule has 10 heteroatoms. The summed E-state index contributed by atoms with van der Waals surface area (Å²) in [5, 5.41) is 0. The first kappa shape index (κ1) is 58.2. The summed E-state index contributed by atoms with van der Waals surface area (Å²) in [6, 6.07) is 0. The molecule has 0 aromatic rings. The second kappa shape index (κ2) is 42.5. The van der Waals surface area contributed by atoms with E-state index in [0.717, 1.165) is 44.9 Å². The molecule has 0 aromatic carbocycles. The maximum atomic E-state index is 12.6. The van der Waals surface area contributed by atoms with Crippen LogP contribution in [0, 0.1) is 0 Å². The lowest BCUT2D eigenvalue weighted by Crippen LogP contribution is -2.37. The standard InChI is InChI=1S/C50H94NO8P/c1-6-8-10-12-14-16-18-20-21-22-23-24-25-26-27-28-29-31-32-34-36-38-40-42-49(52)56-46-48(47-58-60(54,55)57-45-44-51(3,4)5)59-50(53)43-41-39-37-35-33-30-19-17-15-13-11-9-7-2/h26-27,30,33,37,39,48H,6-25,28-29,31-32,34-36,38,40-47H2,1-5H3/b27-26+,33-30+,39-37+. The quantitative estimate of drug-likeness (QED) is 0.0196. The first-order valence-electron chi connectivity index (χ1n) is 24.7. The number of nitrogens with zero attached hydrogens (tertiary/aromatic N) is 1. The average Bonchev–Trinajstić information content (AvgIpc) is 3.20. The van der Waals surface area contributed by atoms with Gasteiger partial charge in [0.05, 0.1) is 27.7 Å². The van der Waals surface area contributed by atoms with Gasteiger partial charge in [-0.1, -0.05) is 185 Å². The van der Waals surface area contributed by atoms with Crippen LogP contribution in [0.15, 0.2) is 36.5 Å². The molecule has 0 N–H and O–H groups in total. The third-order valence-corrected chi connectivity index (χ3v) is 11.6. The van der Waals surface area contributed by atoms with E-state index in [1.54, 1.807) is 0 Å². The van der Waals surface area contributed by atoms with Crippen molar-refractivity contribution in [2.45, 2.75) is 225 Å². The molecule has 0 saturated carbocycles. The fourth-order valence-corrected chi connectivity index (χ4v) is 7.49. The second-order valence-electron chi connectivity index (χ2n) is 17.8. The van der Waals surface area contributed by atoms with E-state index in [0.29, 0.717) is 17.4 Å². The van der Waals surface area contributed by atoms with Gasteiger partial charge in [-0.15, -0.1) is 0 Å². The van der Waals surface area contributed by atoms with Gasteiger partial charge in [0, 0.05) is 12.8 Å². The molecule has 0 bridgehead atoms. The molecule has 0 fully saturated rings. The molecule has 9 nitrogen and oxygen atoms in total. The Balaban J connectivity index is 4.25. The number of quaternary nitrogens is 1. The summed E-state index contributed by atoms with van der Waals surface area (Å²) >= 11 is 0. The van der Waals surface area contributed by atoms with Gasteiger partial charge in [0.2, 0.25) is 0 Å². The molecule has 0 radical (unpaired) electrons. The fourth-order valence-electron chi connectivity index (χ4n) is 6.76. The summed E-state index contributed by atoms with van der Waals surface area (Å²) in [4.78, 5) is 37.6. The van der Waals surface area contributed by atoms with Crippen molar-refractivity contribution in [3.63, 3.8) is 0 Å². The van der Waals surface area contributed by atoms with Crippen LogP contribution in [0.25, 0.3) is 0 Å². The highest BCUT2D eigenvalue weighted by Crippen LogP contribution is 2.38. The van der Waals surface area contributed by atoms with Crippen molar-refractivity contribution in [2.75, 3.05) is 47.5 Å². The minimum Gasteiger partial charge on any atom is -0.756 e. The van der Waals surface area contributed by atoms with Crippen molar-refractivity contribution in [3.05, 3.63) is 36.5 Å². The molecular weight excluding hydrogens is 774 g/mol. The lowest BCUT2D eigenvalue weighted by Gasteiger charge is -2.28. The van der Waals surface area contributed by atoms with Crippen LogP contribution in [0.2, 0.25) is 0 Å². The van der Waals surface area contributed by atoms with E-state index in [1.165, 1.54) is 141 Å². The number of allylic oxidation sites excluding steroid dienone is 6. The number of hydrogen-bond donors (Lipinski definition) is 0. The Bertz CT molecular complexity index is 1120. The van der Waals surface area contributed by atoms with E-state index in [2.05, 4.69) is 38.2 Å². The number of phosphoric acid groups is 1. The van der Waals surface area contributed by atoms with Crippen molar-refractivity contribution in [2.24, 2.45) is 0 Å². The molecule has 0 aliphatic heterocycles. The van der Waals surface area contributed by atoms with Gasteiger partial charge in [-0.3, -0.25) is 14.2 Å². The van der Waals surface area contributed by atoms with E-state index in [1.807, 2.05) is 33.3 Å². The Labute approximate surface area is 370 Å². The number of esters is 2. The molecule has 60 heavy (non-hydrogen) atoms. The number of carbonyl (C=O) groups is 2. The van der Waals surface area contributed by atoms with Crippen molar-refractivity contribution in [1.82, 2.24) is 0 Å². The van der Waals surface area contributed by atoms with Crippen LogP contribution < -0.4 is 4.89 Å². The number of unbranched alkanes of at least 4 members (excludes halogenated alkanes) is 25. The Morgan fingerprint density at radius 2 is 0.933 bits per heavy atom. The predicted octanol–water partition coefficient (Wildman–Crippen LogP) is 13.8. The summed E-state index contributed by atoms with van der Waals surface area (Å²) < 4.78 is 33.9. The number of phosphoric ester groups is 1. The van der Waals surface area contributed by atoms with E-state index >= 15 is 0 Å². The third-order valence-electron chi connectivity index (χ3n) is 10.6. The monoisotopic (exact) mass is 868 g/mol. The van der Waals surface area contributed by atoms with Gasteiger partial charge < -0.3 is 27.9 Å². The minimum atomic E-state index is -4.64. The number of ether oxygens (including phenoxy) is 2. The maximum absolute atomic E-state index is 12.6. The van der Waals surface area contributed by atoms with Gasteiger partial charge in [0.15, 0.2) is 6.10 Å². The van der Waals surface area contributed by atoms with Crippen LogP contribution in [0.5, 0.6) is 0 Å². The van der Waals surface area contributed by atoms with Crippen LogP contribution >= 0.6 is 7.82 Å². The lowest BCUT2D eigenvalue weighted by molar-refractivity contribution is -0.870. The van der Waals surface area contributed by atoms with Crippen LogP contribution in [0.1, 0.15) is 219 Å². The van der Waals surface area contributed by atoms with Crippen LogP contribution in [-0.2, 0) is 32.7 Å². The molecule has 0 amide bonds. The predicted molar refractivity (Wildman–Crippen MR) is 250 cm³/mol. The average molecular weight is 868 g/mol. The summed E-state index contributed by atoms with van der Waals surface area (Å²) in [6.07, 6.45) is 49.2. The van der Waals surface area contributed by atoms with Gasteiger partial charge in [0.1, 0.15) is 19.8 Å². The third kappa shape index (κ3) is 45.7. The zero-order valence-corrected chi connectivity index (χ0v) is 40.6. The molecular formula is C50H94NO8P. The molecule has 2 atom stereocenters. The smallest absolute Gasteiger partial charge is 0.306 e. The largest absolute Gasteiger partial charge is 0.756 e. The molecule has 0 aliphatic carbocycles. The highest BCUT2D eigenvalue weighted by atomic mass is 31.2. The van der Waals surface area contributed by atoms with Gasteiger partial charge in [-0.05, 0) is 57.8 Å². The zero-order valence-electron chi connectivity index (χ0n) is 39.7. The molecule has 0 spiro atoms. The molecule has 0 aromatic heterocycles. The molecule has 0 heterocycles. The fraction of sp³-hybridized carbons (Fsp3) is 0.840.